The van der Waals surface area contributed by atoms with Crippen LogP contribution in [0.2, 0.25) is 0 Å². The first-order valence-electron chi connectivity index (χ1n) is 3.64. The smallest absolute Gasteiger partial charge is 0.140 e. The Morgan fingerprint density at radius 3 is 2.82 bits per heavy atom. The number of aryl methyl sites for hydroxylation is 2. The first-order chi connectivity index (χ1) is 5.27. The number of hydrogen-bond donors (Lipinski definition) is 0. The second-order valence-electron chi connectivity index (χ2n) is 2.43. The van der Waals surface area contributed by atoms with Crippen molar-refractivity contribution in [2.24, 2.45) is 0 Å². The number of rotatable bonds is 1. The van der Waals surface area contributed by atoms with E-state index < -0.39 is 0 Å². The number of aromatic nitrogens is 1. The van der Waals surface area contributed by atoms with Gasteiger partial charge in [0.25, 0.3) is 0 Å². The molecule has 0 spiro atoms. The lowest BCUT2D eigenvalue weighted by molar-refractivity contribution is 0.998. The molecule has 2 heteroatoms. The number of nitriles is 1. The average molecular weight is 146 g/mol. The minimum absolute atomic E-state index is 0.507. The SMILES string of the molecule is CCc1nc(C#N)ccc1C. The van der Waals surface area contributed by atoms with E-state index in [0.29, 0.717) is 5.69 Å². The highest BCUT2D eigenvalue weighted by Crippen LogP contribution is 2.05. The maximum atomic E-state index is 8.54. The van der Waals surface area contributed by atoms with Gasteiger partial charge in [-0.3, -0.25) is 0 Å². The molecule has 0 N–H and O–H groups in total. The maximum absolute atomic E-state index is 8.54. The average Bonchev–Trinajstić information content (AvgIpc) is 2.05. The fourth-order valence-electron chi connectivity index (χ4n) is 0.991. The fraction of sp³-hybridized carbons (Fsp3) is 0.333. The van der Waals surface area contributed by atoms with Crippen LogP contribution in [-0.4, -0.2) is 4.98 Å². The quantitative estimate of drug-likeness (QED) is 0.606. The highest BCUT2D eigenvalue weighted by molar-refractivity contribution is 5.27. The molecule has 0 fully saturated rings. The van der Waals surface area contributed by atoms with Crippen molar-refractivity contribution < 1.29 is 0 Å². The van der Waals surface area contributed by atoms with Crippen LogP contribution < -0.4 is 0 Å². The lowest BCUT2D eigenvalue weighted by Gasteiger charge is -1.99. The minimum atomic E-state index is 0.507. The van der Waals surface area contributed by atoms with Gasteiger partial charge in [0.1, 0.15) is 11.8 Å². The summed E-state index contributed by atoms with van der Waals surface area (Å²) in [7, 11) is 0. The van der Waals surface area contributed by atoms with E-state index in [1.165, 1.54) is 0 Å². The Hall–Kier alpha value is -1.36. The van der Waals surface area contributed by atoms with E-state index in [9.17, 15) is 0 Å². The third-order valence-corrected chi connectivity index (χ3v) is 1.65. The van der Waals surface area contributed by atoms with Crippen molar-refractivity contribution in [3.8, 4) is 6.07 Å². The molecule has 0 unspecified atom stereocenters. The van der Waals surface area contributed by atoms with Gasteiger partial charge in [0.05, 0.1) is 0 Å². The van der Waals surface area contributed by atoms with Crippen molar-refractivity contribution >= 4 is 0 Å². The van der Waals surface area contributed by atoms with Crippen LogP contribution in [-0.2, 0) is 6.42 Å². The largest absolute Gasteiger partial charge is 0.242 e. The third kappa shape index (κ3) is 1.56. The zero-order valence-corrected chi connectivity index (χ0v) is 6.76. The normalized spacial score (nSPS) is 9.18. The van der Waals surface area contributed by atoms with Crippen LogP contribution in [0.3, 0.4) is 0 Å². The van der Waals surface area contributed by atoms with Crippen molar-refractivity contribution in [2.75, 3.05) is 0 Å². The van der Waals surface area contributed by atoms with Gasteiger partial charge in [-0.15, -0.1) is 0 Å². The predicted octanol–water partition coefficient (Wildman–Crippen LogP) is 1.82. The monoisotopic (exact) mass is 146 g/mol. The Morgan fingerprint density at radius 2 is 2.27 bits per heavy atom. The van der Waals surface area contributed by atoms with Gasteiger partial charge in [-0.2, -0.15) is 5.26 Å². The Kier molecular flexibility index (Phi) is 2.22. The molecule has 0 saturated carbocycles. The van der Waals surface area contributed by atoms with Gasteiger partial charge in [0.15, 0.2) is 0 Å². The van der Waals surface area contributed by atoms with Crippen LogP contribution >= 0.6 is 0 Å². The Labute approximate surface area is 66.5 Å². The van der Waals surface area contributed by atoms with E-state index in [1.807, 2.05) is 26.0 Å². The van der Waals surface area contributed by atoms with Crippen LogP contribution in [0.4, 0.5) is 0 Å². The van der Waals surface area contributed by atoms with E-state index in [0.717, 1.165) is 17.7 Å². The highest BCUT2D eigenvalue weighted by Gasteiger charge is 1.97. The van der Waals surface area contributed by atoms with Gasteiger partial charge in [-0.25, -0.2) is 4.98 Å². The molecule has 11 heavy (non-hydrogen) atoms. The summed E-state index contributed by atoms with van der Waals surface area (Å²) in [4.78, 5) is 4.15. The van der Waals surface area contributed by atoms with E-state index >= 15 is 0 Å². The fourth-order valence-corrected chi connectivity index (χ4v) is 0.991. The number of hydrogen-bond acceptors (Lipinski definition) is 2. The van der Waals surface area contributed by atoms with Gasteiger partial charge in [0, 0.05) is 5.69 Å². The Morgan fingerprint density at radius 1 is 1.55 bits per heavy atom. The molecular formula is C9H10N2. The summed E-state index contributed by atoms with van der Waals surface area (Å²) in [5, 5.41) is 8.54. The summed E-state index contributed by atoms with van der Waals surface area (Å²) in [5.74, 6) is 0. The van der Waals surface area contributed by atoms with Gasteiger partial charge in [-0.1, -0.05) is 13.0 Å². The molecule has 1 heterocycles. The van der Waals surface area contributed by atoms with Crippen LogP contribution in [0, 0.1) is 18.3 Å². The maximum Gasteiger partial charge on any atom is 0.140 e. The molecule has 0 atom stereocenters. The zero-order valence-electron chi connectivity index (χ0n) is 6.76. The second-order valence-corrected chi connectivity index (χ2v) is 2.43. The Bertz CT molecular complexity index is 297. The van der Waals surface area contributed by atoms with Gasteiger partial charge >= 0.3 is 0 Å². The molecule has 0 amide bonds. The molecule has 1 rings (SSSR count). The minimum Gasteiger partial charge on any atom is -0.242 e. The molecule has 1 aromatic heterocycles. The summed E-state index contributed by atoms with van der Waals surface area (Å²) in [6.07, 6.45) is 0.890. The summed E-state index contributed by atoms with van der Waals surface area (Å²) in [6.45, 7) is 4.05. The van der Waals surface area contributed by atoms with E-state index in [1.54, 1.807) is 6.07 Å². The van der Waals surface area contributed by atoms with Crippen LogP contribution in [0.15, 0.2) is 12.1 Å². The topological polar surface area (TPSA) is 36.7 Å². The van der Waals surface area contributed by atoms with Crippen molar-refractivity contribution in [3.63, 3.8) is 0 Å². The molecule has 2 nitrogen and oxygen atoms in total. The van der Waals surface area contributed by atoms with Crippen LogP contribution in [0.1, 0.15) is 23.9 Å². The summed E-state index contributed by atoms with van der Waals surface area (Å²) >= 11 is 0. The lowest BCUT2D eigenvalue weighted by Crippen LogP contribution is -1.93. The lowest BCUT2D eigenvalue weighted by atomic mass is 10.1. The van der Waals surface area contributed by atoms with Crippen molar-refractivity contribution in [1.29, 1.82) is 5.26 Å². The summed E-state index contributed by atoms with van der Waals surface area (Å²) in [6, 6.07) is 5.70. The standard InChI is InChI=1S/C9H10N2/c1-3-9-7(2)4-5-8(6-10)11-9/h4-5H,3H2,1-2H3. The number of pyridine rings is 1. The molecule has 0 aliphatic rings. The molecule has 0 saturated heterocycles. The van der Waals surface area contributed by atoms with Gasteiger partial charge in [-0.05, 0) is 25.0 Å². The molecule has 0 radical (unpaired) electrons. The molecular weight excluding hydrogens is 136 g/mol. The first kappa shape index (κ1) is 7.74. The summed E-state index contributed by atoms with van der Waals surface area (Å²) < 4.78 is 0. The predicted molar refractivity (Wildman–Crippen MR) is 43.1 cm³/mol. The van der Waals surface area contributed by atoms with E-state index in [4.69, 9.17) is 5.26 Å². The van der Waals surface area contributed by atoms with Crippen molar-refractivity contribution in [2.45, 2.75) is 20.3 Å². The molecule has 0 aliphatic heterocycles. The van der Waals surface area contributed by atoms with Crippen LogP contribution in [0.25, 0.3) is 0 Å². The second kappa shape index (κ2) is 3.16. The van der Waals surface area contributed by atoms with E-state index in [2.05, 4.69) is 4.98 Å². The highest BCUT2D eigenvalue weighted by atomic mass is 14.7. The van der Waals surface area contributed by atoms with Crippen molar-refractivity contribution in [1.82, 2.24) is 4.98 Å². The Balaban J connectivity index is 3.15. The summed E-state index contributed by atoms with van der Waals surface area (Å²) in [5.41, 5.74) is 2.68. The van der Waals surface area contributed by atoms with Gasteiger partial charge < -0.3 is 0 Å². The van der Waals surface area contributed by atoms with Gasteiger partial charge in [0.2, 0.25) is 0 Å². The zero-order chi connectivity index (χ0) is 8.27. The first-order valence-corrected chi connectivity index (χ1v) is 3.64. The molecule has 0 aromatic carbocycles. The molecule has 0 bridgehead atoms. The van der Waals surface area contributed by atoms with Crippen molar-refractivity contribution in [3.05, 3.63) is 29.1 Å². The van der Waals surface area contributed by atoms with Crippen LogP contribution in [0.5, 0.6) is 0 Å². The molecule has 56 valence electrons. The molecule has 0 aliphatic carbocycles. The third-order valence-electron chi connectivity index (χ3n) is 1.65. The molecule has 1 aromatic rings. The number of nitrogens with zero attached hydrogens (tertiary/aromatic N) is 2. The van der Waals surface area contributed by atoms with E-state index in [-0.39, 0.29) is 0 Å².